The molecule has 0 fully saturated rings. The Balaban J connectivity index is 3.24. The monoisotopic (exact) mass is 180 g/mol. The van der Waals surface area contributed by atoms with Crippen molar-refractivity contribution in [2.45, 2.75) is 12.5 Å². The summed E-state index contributed by atoms with van der Waals surface area (Å²) in [6, 6.07) is 0. The fourth-order valence-electron chi connectivity index (χ4n) is 0.320. The van der Waals surface area contributed by atoms with Gasteiger partial charge in [-0.15, -0.1) is 0 Å². The van der Waals surface area contributed by atoms with Crippen LogP contribution in [0.2, 0.25) is 0 Å². The minimum Gasteiger partial charge on any atom is -0.394 e. The van der Waals surface area contributed by atoms with Crippen molar-refractivity contribution < 1.29 is 10.2 Å². The normalized spacial score (nSPS) is 13.4. The van der Waals surface area contributed by atoms with Gasteiger partial charge in [-0.3, -0.25) is 0 Å². The summed E-state index contributed by atoms with van der Waals surface area (Å²) in [4.78, 5) is 0. The molecule has 0 aliphatic rings. The van der Waals surface area contributed by atoms with Crippen LogP contribution in [0.1, 0.15) is 6.42 Å². The highest BCUT2D eigenvalue weighted by Gasteiger charge is 2.00. The van der Waals surface area contributed by atoms with Gasteiger partial charge < -0.3 is 10.2 Å². The highest BCUT2D eigenvalue weighted by molar-refractivity contribution is 9.11. The van der Waals surface area contributed by atoms with E-state index in [0.29, 0.717) is 10.9 Å². The van der Waals surface area contributed by atoms with Crippen LogP contribution in [-0.4, -0.2) is 22.9 Å². The molecule has 0 aromatic carbocycles. The maximum absolute atomic E-state index is 8.69. The van der Waals surface area contributed by atoms with Gasteiger partial charge in [-0.1, -0.05) is 22.5 Å². The lowest BCUT2D eigenvalue weighted by Gasteiger charge is -2.02. The average Bonchev–Trinajstić information content (AvgIpc) is 1.65. The van der Waals surface area contributed by atoms with Gasteiger partial charge in [0.25, 0.3) is 0 Å². The number of hydrogen-bond donors (Lipinski definition) is 2. The predicted octanol–water partition coefficient (Wildman–Crippen LogP) is 0.638. The van der Waals surface area contributed by atoms with Crippen LogP contribution in [0, 0.1) is 0 Å². The second-order valence-electron chi connectivity index (χ2n) is 1.56. The predicted molar refractivity (Wildman–Crippen MR) is 35.8 cm³/mol. The minimum atomic E-state index is -0.665. The molecule has 0 saturated carbocycles. The summed E-state index contributed by atoms with van der Waals surface area (Å²) in [7, 11) is 0. The van der Waals surface area contributed by atoms with Gasteiger partial charge >= 0.3 is 0 Å². The molecule has 8 heavy (non-hydrogen) atoms. The third-order valence-corrected chi connectivity index (χ3v) is 0.992. The molecule has 0 rings (SSSR count). The van der Waals surface area contributed by atoms with E-state index < -0.39 is 6.10 Å². The third-order valence-electron chi connectivity index (χ3n) is 0.668. The molecule has 0 radical (unpaired) electrons. The fraction of sp³-hybridized carbons (Fsp3) is 0.600. The van der Waals surface area contributed by atoms with E-state index in [1.54, 1.807) is 0 Å². The largest absolute Gasteiger partial charge is 0.394 e. The van der Waals surface area contributed by atoms with E-state index in [1.165, 1.54) is 0 Å². The van der Waals surface area contributed by atoms with Crippen LogP contribution in [0.3, 0.4) is 0 Å². The molecule has 0 saturated heterocycles. The molecular weight excluding hydrogens is 172 g/mol. The molecule has 1 atom stereocenters. The van der Waals surface area contributed by atoms with Crippen LogP contribution < -0.4 is 0 Å². The van der Waals surface area contributed by atoms with E-state index in [2.05, 4.69) is 22.5 Å². The molecule has 0 aliphatic heterocycles. The molecule has 0 spiro atoms. The van der Waals surface area contributed by atoms with Gasteiger partial charge in [-0.05, 0) is 4.48 Å². The first-order valence-electron chi connectivity index (χ1n) is 2.29. The zero-order chi connectivity index (χ0) is 6.57. The first-order valence-corrected chi connectivity index (χ1v) is 3.08. The fourth-order valence-corrected chi connectivity index (χ4v) is 0.694. The maximum Gasteiger partial charge on any atom is 0.0816 e. The lowest BCUT2D eigenvalue weighted by atomic mass is 10.3. The van der Waals surface area contributed by atoms with Crippen LogP contribution in [0.25, 0.3) is 0 Å². The molecule has 0 aromatic rings. The van der Waals surface area contributed by atoms with Crippen molar-refractivity contribution in [2.75, 3.05) is 6.61 Å². The number of halogens is 1. The Morgan fingerprint density at radius 1 is 1.75 bits per heavy atom. The summed E-state index contributed by atoms with van der Waals surface area (Å²) in [5.74, 6) is 0. The summed E-state index contributed by atoms with van der Waals surface area (Å²) in [6.45, 7) is 3.28. The minimum absolute atomic E-state index is 0.204. The molecule has 3 heteroatoms. The molecular formula is C5H9BrO2. The van der Waals surface area contributed by atoms with Crippen molar-refractivity contribution in [3.63, 3.8) is 0 Å². The van der Waals surface area contributed by atoms with Crippen molar-refractivity contribution >= 4 is 15.9 Å². The number of rotatable bonds is 3. The van der Waals surface area contributed by atoms with Crippen molar-refractivity contribution in [3.8, 4) is 0 Å². The van der Waals surface area contributed by atoms with Gasteiger partial charge in [-0.25, -0.2) is 0 Å². The Morgan fingerprint density at radius 2 is 2.25 bits per heavy atom. The number of aliphatic hydroxyl groups excluding tert-OH is 2. The van der Waals surface area contributed by atoms with Crippen molar-refractivity contribution in [1.29, 1.82) is 0 Å². The lowest BCUT2D eigenvalue weighted by Crippen LogP contribution is -2.10. The zero-order valence-corrected chi connectivity index (χ0v) is 6.06. The zero-order valence-electron chi connectivity index (χ0n) is 4.47. The smallest absolute Gasteiger partial charge is 0.0816 e. The molecule has 0 heterocycles. The molecule has 0 aromatic heterocycles. The maximum atomic E-state index is 8.69. The first-order chi connectivity index (χ1) is 3.66. The Labute approximate surface area is 57.0 Å². The van der Waals surface area contributed by atoms with Gasteiger partial charge in [0.1, 0.15) is 0 Å². The molecule has 2 N–H and O–H groups in total. The Hall–Kier alpha value is 0.140. The van der Waals surface area contributed by atoms with E-state index in [9.17, 15) is 0 Å². The standard InChI is InChI=1S/C5H9BrO2/c1-4(6)2-5(8)3-7/h5,7-8H,1-3H2/t5-/m0/s1. The second kappa shape index (κ2) is 4.06. The van der Waals surface area contributed by atoms with Gasteiger partial charge in [-0.2, -0.15) is 0 Å². The van der Waals surface area contributed by atoms with Crippen molar-refractivity contribution in [3.05, 3.63) is 11.1 Å². The van der Waals surface area contributed by atoms with E-state index in [4.69, 9.17) is 10.2 Å². The highest BCUT2D eigenvalue weighted by Crippen LogP contribution is 2.08. The molecule has 0 amide bonds. The summed E-state index contributed by atoms with van der Waals surface area (Å²) < 4.78 is 0.707. The van der Waals surface area contributed by atoms with E-state index in [1.807, 2.05) is 0 Å². The van der Waals surface area contributed by atoms with Crippen LogP contribution >= 0.6 is 15.9 Å². The Kier molecular flexibility index (Phi) is 4.13. The van der Waals surface area contributed by atoms with E-state index in [-0.39, 0.29) is 6.61 Å². The van der Waals surface area contributed by atoms with Crippen LogP contribution in [0.5, 0.6) is 0 Å². The third kappa shape index (κ3) is 4.30. The highest BCUT2D eigenvalue weighted by atomic mass is 79.9. The molecule has 0 aliphatic carbocycles. The van der Waals surface area contributed by atoms with Gasteiger partial charge in [0.05, 0.1) is 12.7 Å². The number of aliphatic hydroxyl groups is 2. The Bertz CT molecular complexity index is 82.5. The van der Waals surface area contributed by atoms with Gasteiger partial charge in [0.2, 0.25) is 0 Å². The summed E-state index contributed by atoms with van der Waals surface area (Å²) in [6.07, 6.45) is -0.252. The molecule has 0 bridgehead atoms. The van der Waals surface area contributed by atoms with Crippen molar-refractivity contribution in [1.82, 2.24) is 0 Å². The van der Waals surface area contributed by atoms with Crippen LogP contribution in [0.4, 0.5) is 0 Å². The first kappa shape index (κ1) is 8.14. The summed E-state index contributed by atoms with van der Waals surface area (Å²) in [5, 5.41) is 17.0. The van der Waals surface area contributed by atoms with E-state index in [0.717, 1.165) is 0 Å². The second-order valence-corrected chi connectivity index (χ2v) is 2.68. The molecule has 48 valence electrons. The van der Waals surface area contributed by atoms with Gasteiger partial charge in [0, 0.05) is 6.42 Å². The average molecular weight is 181 g/mol. The summed E-state index contributed by atoms with van der Waals surface area (Å²) in [5.41, 5.74) is 0. The summed E-state index contributed by atoms with van der Waals surface area (Å²) >= 11 is 3.05. The SMILES string of the molecule is C=C(Br)C[C@H](O)CO. The molecule has 0 unspecified atom stereocenters. The molecule has 2 nitrogen and oxygen atoms in total. The quantitative estimate of drug-likeness (QED) is 0.670. The lowest BCUT2D eigenvalue weighted by molar-refractivity contribution is 0.0971. The van der Waals surface area contributed by atoms with E-state index >= 15 is 0 Å². The van der Waals surface area contributed by atoms with Gasteiger partial charge in [0.15, 0.2) is 0 Å². The number of hydrogen-bond acceptors (Lipinski definition) is 2. The van der Waals surface area contributed by atoms with Crippen LogP contribution in [-0.2, 0) is 0 Å². The Morgan fingerprint density at radius 3 is 2.38 bits per heavy atom. The van der Waals surface area contributed by atoms with Crippen molar-refractivity contribution in [2.24, 2.45) is 0 Å². The van der Waals surface area contributed by atoms with Crippen LogP contribution in [0.15, 0.2) is 11.1 Å². The topological polar surface area (TPSA) is 40.5 Å².